The van der Waals surface area contributed by atoms with Gasteiger partial charge in [0.25, 0.3) is 5.91 Å². The highest BCUT2D eigenvalue weighted by molar-refractivity contribution is 7.14. The van der Waals surface area contributed by atoms with Crippen LogP contribution in [0.4, 0.5) is 13.9 Å². The second kappa shape index (κ2) is 6.80. The predicted molar refractivity (Wildman–Crippen MR) is 89.7 cm³/mol. The first-order chi connectivity index (χ1) is 11.4. The van der Waals surface area contributed by atoms with Crippen LogP contribution in [0.1, 0.15) is 10.5 Å². The van der Waals surface area contributed by atoms with E-state index in [0.717, 1.165) is 29.5 Å². The van der Waals surface area contributed by atoms with Crippen LogP contribution in [0.3, 0.4) is 0 Å². The SMILES string of the molecule is O=C(Nc1nc(-c2cc(F)ccc2F)cs1)c1nc(Cl)ccc1Cl. The van der Waals surface area contributed by atoms with Gasteiger partial charge in [-0.2, -0.15) is 0 Å². The third-order valence-corrected chi connectivity index (χ3v) is 4.23. The molecule has 0 bridgehead atoms. The highest BCUT2D eigenvalue weighted by Crippen LogP contribution is 2.28. The van der Waals surface area contributed by atoms with Gasteiger partial charge in [0, 0.05) is 10.9 Å². The summed E-state index contributed by atoms with van der Waals surface area (Å²) in [6, 6.07) is 5.96. The minimum Gasteiger partial charge on any atom is -0.296 e. The van der Waals surface area contributed by atoms with Crippen molar-refractivity contribution in [3.63, 3.8) is 0 Å². The lowest BCUT2D eigenvalue weighted by Gasteiger charge is -2.03. The number of thiazole rings is 1. The zero-order chi connectivity index (χ0) is 17.3. The highest BCUT2D eigenvalue weighted by atomic mass is 35.5. The highest BCUT2D eigenvalue weighted by Gasteiger charge is 2.16. The number of nitrogens with zero attached hydrogens (tertiary/aromatic N) is 2. The molecule has 0 saturated heterocycles. The third-order valence-electron chi connectivity index (χ3n) is 2.96. The lowest BCUT2D eigenvalue weighted by atomic mass is 10.1. The van der Waals surface area contributed by atoms with Crippen molar-refractivity contribution in [3.8, 4) is 11.3 Å². The molecular formula is C15H7Cl2F2N3OS. The third kappa shape index (κ3) is 3.53. The molecule has 3 aromatic rings. The number of benzene rings is 1. The summed E-state index contributed by atoms with van der Waals surface area (Å²) in [6.07, 6.45) is 0. The molecule has 9 heteroatoms. The molecule has 0 atom stereocenters. The van der Waals surface area contributed by atoms with E-state index in [1.54, 1.807) is 0 Å². The first-order valence-corrected chi connectivity index (χ1v) is 8.12. The van der Waals surface area contributed by atoms with Crippen LogP contribution in [0.5, 0.6) is 0 Å². The molecule has 1 aromatic carbocycles. The summed E-state index contributed by atoms with van der Waals surface area (Å²) in [4.78, 5) is 20.1. The van der Waals surface area contributed by atoms with Crippen LogP contribution in [0.25, 0.3) is 11.3 Å². The number of rotatable bonds is 3. The molecule has 0 radical (unpaired) electrons. The van der Waals surface area contributed by atoms with E-state index in [1.165, 1.54) is 17.5 Å². The molecule has 122 valence electrons. The van der Waals surface area contributed by atoms with Crippen LogP contribution < -0.4 is 5.32 Å². The van der Waals surface area contributed by atoms with Crippen molar-refractivity contribution >= 4 is 45.6 Å². The van der Waals surface area contributed by atoms with E-state index in [4.69, 9.17) is 23.2 Å². The van der Waals surface area contributed by atoms with E-state index < -0.39 is 17.5 Å². The van der Waals surface area contributed by atoms with Crippen molar-refractivity contribution < 1.29 is 13.6 Å². The van der Waals surface area contributed by atoms with Gasteiger partial charge >= 0.3 is 0 Å². The standard InChI is InChI=1S/C15H7Cl2F2N3OS/c16-9-2-4-12(17)21-13(9)14(23)22-15-20-11(6-24-15)8-5-7(18)1-3-10(8)19/h1-6H,(H,20,22,23). The van der Waals surface area contributed by atoms with Gasteiger partial charge in [-0.15, -0.1) is 11.3 Å². The van der Waals surface area contributed by atoms with Gasteiger partial charge in [-0.05, 0) is 30.3 Å². The maximum absolute atomic E-state index is 13.8. The zero-order valence-corrected chi connectivity index (χ0v) is 14.0. The summed E-state index contributed by atoms with van der Waals surface area (Å²) >= 11 is 12.7. The number of pyridine rings is 1. The summed E-state index contributed by atoms with van der Waals surface area (Å²) in [5.74, 6) is -1.80. The molecule has 4 nitrogen and oxygen atoms in total. The molecule has 1 amide bonds. The van der Waals surface area contributed by atoms with Crippen LogP contribution in [0.2, 0.25) is 10.2 Å². The summed E-state index contributed by atoms with van der Waals surface area (Å²) in [7, 11) is 0. The average Bonchev–Trinajstić information content (AvgIpc) is 3.00. The molecular weight excluding hydrogens is 379 g/mol. The number of aromatic nitrogens is 2. The predicted octanol–water partition coefficient (Wildman–Crippen LogP) is 5.04. The summed E-state index contributed by atoms with van der Waals surface area (Å²) < 4.78 is 27.0. The Morgan fingerprint density at radius 1 is 1.12 bits per heavy atom. The van der Waals surface area contributed by atoms with Gasteiger partial charge in [-0.3, -0.25) is 10.1 Å². The number of anilines is 1. The Morgan fingerprint density at radius 2 is 1.92 bits per heavy atom. The van der Waals surface area contributed by atoms with Gasteiger partial charge in [0.15, 0.2) is 5.13 Å². The Labute approximate surface area is 149 Å². The van der Waals surface area contributed by atoms with E-state index >= 15 is 0 Å². The van der Waals surface area contributed by atoms with Crippen LogP contribution in [0, 0.1) is 11.6 Å². The summed E-state index contributed by atoms with van der Waals surface area (Å²) in [5, 5.41) is 4.44. The normalized spacial score (nSPS) is 10.7. The van der Waals surface area contributed by atoms with E-state index in [9.17, 15) is 13.6 Å². The molecule has 0 saturated carbocycles. The molecule has 1 N–H and O–H groups in total. The van der Waals surface area contributed by atoms with Gasteiger partial charge in [-0.25, -0.2) is 18.7 Å². The van der Waals surface area contributed by atoms with Gasteiger partial charge in [0.05, 0.1) is 10.7 Å². The van der Waals surface area contributed by atoms with Crippen molar-refractivity contribution in [2.24, 2.45) is 0 Å². The molecule has 24 heavy (non-hydrogen) atoms. The maximum Gasteiger partial charge on any atom is 0.277 e. The largest absolute Gasteiger partial charge is 0.296 e. The molecule has 0 aliphatic carbocycles. The van der Waals surface area contributed by atoms with Crippen LogP contribution >= 0.6 is 34.5 Å². The minimum absolute atomic E-state index is 0.00524. The Hall–Kier alpha value is -2.09. The number of halogens is 4. The zero-order valence-electron chi connectivity index (χ0n) is 11.7. The van der Waals surface area contributed by atoms with Gasteiger partial charge in [0.1, 0.15) is 22.5 Å². The number of amides is 1. The Balaban J connectivity index is 1.85. The number of hydrogen-bond donors (Lipinski definition) is 1. The number of nitrogens with one attached hydrogen (secondary N) is 1. The molecule has 0 spiro atoms. The van der Waals surface area contributed by atoms with E-state index in [0.29, 0.717) is 0 Å². The van der Waals surface area contributed by atoms with Crippen molar-refractivity contribution in [3.05, 3.63) is 63.2 Å². The second-order valence-electron chi connectivity index (χ2n) is 4.58. The first kappa shape index (κ1) is 16.8. The lowest BCUT2D eigenvalue weighted by Crippen LogP contribution is -2.14. The molecule has 0 unspecified atom stereocenters. The van der Waals surface area contributed by atoms with Gasteiger partial charge in [-0.1, -0.05) is 23.2 Å². The van der Waals surface area contributed by atoms with Crippen LogP contribution in [-0.2, 0) is 0 Å². The topological polar surface area (TPSA) is 54.9 Å². The quantitative estimate of drug-likeness (QED) is 0.642. The Kier molecular flexibility index (Phi) is 4.75. The fourth-order valence-electron chi connectivity index (χ4n) is 1.88. The number of carbonyl (C=O) groups excluding carboxylic acids is 1. The monoisotopic (exact) mass is 385 g/mol. The Morgan fingerprint density at radius 3 is 2.71 bits per heavy atom. The minimum atomic E-state index is -0.612. The van der Waals surface area contributed by atoms with E-state index in [-0.39, 0.29) is 32.3 Å². The second-order valence-corrected chi connectivity index (χ2v) is 6.23. The fourth-order valence-corrected chi connectivity index (χ4v) is 2.93. The van der Waals surface area contributed by atoms with Crippen LogP contribution in [0.15, 0.2) is 35.7 Å². The fraction of sp³-hybridized carbons (Fsp3) is 0. The van der Waals surface area contributed by atoms with Gasteiger partial charge < -0.3 is 0 Å². The van der Waals surface area contributed by atoms with Crippen molar-refractivity contribution in [1.29, 1.82) is 0 Å². The average molecular weight is 386 g/mol. The maximum atomic E-state index is 13.8. The first-order valence-electron chi connectivity index (χ1n) is 6.48. The molecule has 3 rings (SSSR count). The van der Waals surface area contributed by atoms with Crippen molar-refractivity contribution in [2.75, 3.05) is 5.32 Å². The van der Waals surface area contributed by atoms with Crippen molar-refractivity contribution in [2.45, 2.75) is 0 Å². The van der Waals surface area contributed by atoms with Gasteiger partial charge in [0.2, 0.25) is 0 Å². The van der Waals surface area contributed by atoms with E-state index in [1.807, 2.05) is 0 Å². The number of carbonyl (C=O) groups is 1. The molecule has 0 aliphatic heterocycles. The summed E-state index contributed by atoms with van der Waals surface area (Å²) in [5.41, 5.74) is 0.154. The molecule has 2 aromatic heterocycles. The van der Waals surface area contributed by atoms with E-state index in [2.05, 4.69) is 15.3 Å². The number of hydrogen-bond acceptors (Lipinski definition) is 4. The molecule has 0 fully saturated rings. The smallest absolute Gasteiger partial charge is 0.277 e. The van der Waals surface area contributed by atoms with Crippen LogP contribution in [-0.4, -0.2) is 15.9 Å². The van der Waals surface area contributed by atoms with Crippen molar-refractivity contribution in [1.82, 2.24) is 9.97 Å². The lowest BCUT2D eigenvalue weighted by molar-refractivity contribution is 0.102. The summed E-state index contributed by atoms with van der Waals surface area (Å²) in [6.45, 7) is 0. The molecule has 2 heterocycles. The Bertz CT molecular complexity index is 933. The molecule has 0 aliphatic rings.